The lowest BCUT2D eigenvalue weighted by Gasteiger charge is -2.35. The third kappa shape index (κ3) is 10.0. The number of aryl methyl sites for hydroxylation is 2. The van der Waals surface area contributed by atoms with Crippen LogP contribution in [0.2, 0.25) is 5.02 Å². The van der Waals surface area contributed by atoms with Gasteiger partial charge in [-0.15, -0.1) is 26.6 Å². The Kier molecular flexibility index (Phi) is 14.4. The van der Waals surface area contributed by atoms with Gasteiger partial charge in [0.15, 0.2) is 11.6 Å². The van der Waals surface area contributed by atoms with Gasteiger partial charge in [0.2, 0.25) is 17.7 Å². The van der Waals surface area contributed by atoms with Crippen molar-refractivity contribution in [2.45, 2.75) is 122 Å². The maximum Gasteiger partial charge on any atom is 0.246 e. The van der Waals surface area contributed by atoms with Crippen LogP contribution in [0.5, 0.6) is 0 Å². The average Bonchev–Trinajstić information content (AvgIpc) is 4.15. The number of nitrogens with one attached hydrogen (secondary N) is 2. The molecule has 2 N–H and O–H groups in total. The zero-order valence-electron chi connectivity index (χ0n) is 38.7. The van der Waals surface area contributed by atoms with E-state index in [-0.39, 0.29) is 48.2 Å². The first-order valence-corrected chi connectivity index (χ1v) is 25.8. The van der Waals surface area contributed by atoms with Crippen molar-refractivity contribution in [2.24, 2.45) is 16.8 Å². The molecular weight excluding hydrogens is 904 g/mol. The van der Waals surface area contributed by atoms with Gasteiger partial charge in [0.25, 0.3) is 0 Å². The van der Waals surface area contributed by atoms with Crippen molar-refractivity contribution in [3.05, 3.63) is 97.7 Å². The summed E-state index contributed by atoms with van der Waals surface area (Å²) >= 11 is 9.21. The number of nitrogens with zero attached hydrogens (tertiary/aromatic N) is 8. The van der Waals surface area contributed by atoms with E-state index in [9.17, 15) is 19.2 Å². The summed E-state index contributed by atoms with van der Waals surface area (Å²) in [6, 6.07) is 15.1. The van der Waals surface area contributed by atoms with Crippen LogP contribution >= 0.6 is 34.5 Å². The Morgan fingerprint density at radius 2 is 1.60 bits per heavy atom. The van der Waals surface area contributed by atoms with Crippen LogP contribution in [0.3, 0.4) is 0 Å². The monoisotopic (exact) mass is 962 g/mol. The van der Waals surface area contributed by atoms with Crippen molar-refractivity contribution < 1.29 is 19.2 Å². The summed E-state index contributed by atoms with van der Waals surface area (Å²) in [6.07, 6.45) is 8.10. The second-order valence-electron chi connectivity index (χ2n) is 18.7. The number of ketones is 1. The topological polar surface area (TPSA) is 168 Å². The molecule has 5 aromatic rings. The number of thiophene rings is 1. The summed E-state index contributed by atoms with van der Waals surface area (Å²) in [5.74, 6) is 1.32. The first-order chi connectivity index (χ1) is 32.4. The standard InChI is InChI=1S/C50H59ClN10O4S2/c1-29-31(3)66-50-43(29)45(36-17-19-37(51)20-18-36)53-38(47-57-55-32(4)61(47)50)26-42(63)59-24-21-33(22-25-59)28-52-30(2)48(64)54-46(35-14-9-6-10-15-35)49(65)60-23-11-16-39(60)40(62)27-41-44(56-58-67-41)34-12-7-5-8-13-34/h5,7-8,12-13,17-20,30,33,35,38-39,46,52H,6,9-11,14-16,21-28H2,1-4H3,(H,54,64)/t30-,38-,39-,46-/m0/s1. The number of hydrogen-bond acceptors (Lipinski definition) is 12. The van der Waals surface area contributed by atoms with Gasteiger partial charge in [-0.05, 0) is 114 Å². The SMILES string of the molecule is Cc1sc2c(c1C)C(c1ccc(Cl)cc1)=N[C@@H](CC(=O)N1CCC(CN[C@@H](C)C(=O)N[C@H](C(=O)N3CCC[C@H]3C(=O)Cc3snnc3-c3ccccc3)C3CCCCC3)CC1)c1nnc(C)n1-2. The molecule has 3 aliphatic heterocycles. The summed E-state index contributed by atoms with van der Waals surface area (Å²) in [4.78, 5) is 67.5. The highest BCUT2D eigenvalue weighted by Gasteiger charge is 2.41. The van der Waals surface area contributed by atoms with Crippen LogP contribution in [0.4, 0.5) is 0 Å². The lowest BCUT2D eigenvalue weighted by molar-refractivity contribution is -0.142. The first-order valence-electron chi connectivity index (χ1n) is 23.8. The number of fused-ring (bicyclic) bond motifs is 3. The van der Waals surface area contributed by atoms with Gasteiger partial charge in [-0.25, -0.2) is 0 Å². The van der Waals surface area contributed by atoms with E-state index < -0.39 is 24.2 Å². The molecule has 14 nitrogen and oxygen atoms in total. The largest absolute Gasteiger partial charge is 0.343 e. The summed E-state index contributed by atoms with van der Waals surface area (Å²) in [5, 5.41) is 21.7. The van der Waals surface area contributed by atoms with Crippen LogP contribution in [0.25, 0.3) is 16.3 Å². The number of carbonyl (C=O) groups excluding carboxylic acids is 4. The molecule has 0 radical (unpaired) electrons. The van der Waals surface area contributed by atoms with E-state index in [1.165, 1.54) is 16.4 Å². The number of amides is 3. The van der Waals surface area contributed by atoms with Crippen molar-refractivity contribution in [3.63, 3.8) is 0 Å². The van der Waals surface area contributed by atoms with Gasteiger partial charge >= 0.3 is 0 Å². The summed E-state index contributed by atoms with van der Waals surface area (Å²) in [5.41, 5.74) is 5.54. The Morgan fingerprint density at radius 3 is 2.34 bits per heavy atom. The quantitative estimate of drug-likeness (QED) is 0.113. The highest BCUT2D eigenvalue weighted by molar-refractivity contribution is 7.15. The number of likely N-dealkylation sites (tertiary alicyclic amines) is 2. The maximum absolute atomic E-state index is 14.5. The summed E-state index contributed by atoms with van der Waals surface area (Å²) < 4.78 is 6.23. The minimum Gasteiger partial charge on any atom is -0.343 e. The minimum atomic E-state index is -0.692. The molecule has 352 valence electrons. The van der Waals surface area contributed by atoms with Crippen molar-refractivity contribution in [1.82, 2.24) is 44.8 Å². The van der Waals surface area contributed by atoms with Gasteiger partial charge < -0.3 is 20.4 Å². The molecular formula is C50H59ClN10O4S2. The fraction of sp³-hybridized carbons (Fsp3) is 0.500. The molecule has 0 spiro atoms. The fourth-order valence-corrected chi connectivity index (χ4v) is 12.3. The molecule has 17 heteroatoms. The van der Waals surface area contributed by atoms with Crippen LogP contribution in [0.1, 0.15) is 115 Å². The normalized spacial score (nSPS) is 19.9. The third-order valence-corrected chi connectivity index (χ3v) is 16.5. The van der Waals surface area contributed by atoms with E-state index in [1.807, 2.05) is 73.3 Å². The number of carbonyl (C=O) groups is 4. The van der Waals surface area contributed by atoms with Crippen LogP contribution < -0.4 is 10.6 Å². The Labute approximate surface area is 405 Å². The van der Waals surface area contributed by atoms with Crippen molar-refractivity contribution in [1.29, 1.82) is 0 Å². The van der Waals surface area contributed by atoms with Gasteiger partial charge in [-0.1, -0.05) is 77.8 Å². The zero-order valence-corrected chi connectivity index (χ0v) is 41.1. The lowest BCUT2D eigenvalue weighted by Crippen LogP contribution is -2.57. The van der Waals surface area contributed by atoms with Crippen molar-refractivity contribution in [3.8, 4) is 16.3 Å². The van der Waals surface area contributed by atoms with E-state index >= 15 is 0 Å². The second kappa shape index (κ2) is 20.6. The number of halogens is 1. The zero-order chi connectivity index (χ0) is 46.8. The number of Topliss-reactive ketones (excluding diaryl/α,β-unsaturated/α-hetero) is 1. The number of rotatable bonds is 14. The summed E-state index contributed by atoms with van der Waals surface area (Å²) in [6.45, 7) is 10.3. The highest BCUT2D eigenvalue weighted by atomic mass is 35.5. The highest BCUT2D eigenvalue weighted by Crippen LogP contribution is 2.40. The van der Waals surface area contributed by atoms with Crippen LogP contribution in [0, 0.1) is 32.6 Å². The Bertz CT molecular complexity index is 2630. The molecule has 3 amide bonds. The molecule has 1 saturated carbocycles. The fourth-order valence-electron chi connectivity index (χ4n) is 10.3. The van der Waals surface area contributed by atoms with Gasteiger partial charge in [0.05, 0.1) is 29.1 Å². The number of hydrogen-bond donors (Lipinski definition) is 2. The number of piperidine rings is 1. The number of aromatic nitrogens is 5. The van der Waals surface area contributed by atoms with Gasteiger partial charge in [-0.2, -0.15) is 0 Å². The van der Waals surface area contributed by atoms with Crippen LogP contribution in [0.15, 0.2) is 59.6 Å². The molecule has 4 atom stereocenters. The molecule has 3 aromatic heterocycles. The van der Waals surface area contributed by atoms with Crippen LogP contribution in [-0.4, -0.2) is 108 Å². The van der Waals surface area contributed by atoms with Gasteiger partial charge in [0.1, 0.15) is 28.6 Å². The molecule has 0 bridgehead atoms. The van der Waals surface area contributed by atoms with E-state index in [0.29, 0.717) is 49.1 Å². The average molecular weight is 964 g/mol. The molecule has 9 rings (SSSR count). The first kappa shape index (κ1) is 46.9. The molecule has 2 aromatic carbocycles. The van der Waals surface area contributed by atoms with E-state index in [4.69, 9.17) is 16.6 Å². The number of aliphatic imine (C=N–C) groups is 1. The number of benzene rings is 2. The molecule has 6 heterocycles. The molecule has 0 unspecified atom stereocenters. The van der Waals surface area contributed by atoms with Gasteiger partial charge in [-0.3, -0.25) is 28.7 Å². The smallest absolute Gasteiger partial charge is 0.246 e. The predicted octanol–water partition coefficient (Wildman–Crippen LogP) is 7.79. The van der Waals surface area contributed by atoms with Crippen molar-refractivity contribution in [2.75, 3.05) is 26.2 Å². The summed E-state index contributed by atoms with van der Waals surface area (Å²) in [7, 11) is 0. The second-order valence-corrected chi connectivity index (χ2v) is 21.2. The maximum atomic E-state index is 14.5. The minimum absolute atomic E-state index is 0.0141. The molecule has 67 heavy (non-hydrogen) atoms. The molecule has 4 aliphatic rings. The lowest BCUT2D eigenvalue weighted by atomic mass is 9.83. The van der Waals surface area contributed by atoms with E-state index in [1.54, 1.807) is 16.2 Å². The Morgan fingerprint density at radius 1 is 0.851 bits per heavy atom. The molecule has 1 aliphatic carbocycles. The van der Waals surface area contributed by atoms with E-state index in [2.05, 4.69) is 48.8 Å². The van der Waals surface area contributed by atoms with Crippen molar-refractivity contribution >= 4 is 63.7 Å². The van der Waals surface area contributed by atoms with Gasteiger partial charge in [0, 0.05) is 52.6 Å². The third-order valence-electron chi connectivity index (χ3n) is 14.3. The van der Waals surface area contributed by atoms with Crippen LogP contribution in [-0.2, 0) is 25.6 Å². The molecule has 3 fully saturated rings. The van der Waals surface area contributed by atoms with E-state index in [0.717, 1.165) is 95.0 Å². The Hall–Kier alpha value is -5.16. The molecule has 2 saturated heterocycles. The Balaban J connectivity index is 0.808. The predicted molar refractivity (Wildman–Crippen MR) is 262 cm³/mol.